The van der Waals surface area contributed by atoms with Crippen molar-refractivity contribution in [1.82, 2.24) is 0 Å². The maximum atomic E-state index is 11.2. The number of rotatable bonds is 2. The number of carbonyl (C=O) groups is 1. The van der Waals surface area contributed by atoms with Crippen molar-refractivity contribution in [2.24, 2.45) is 0 Å². The summed E-state index contributed by atoms with van der Waals surface area (Å²) in [7, 11) is 0. The second kappa shape index (κ2) is 3.18. The van der Waals surface area contributed by atoms with Crippen LogP contribution in [0.5, 0.6) is 5.95 Å². The lowest BCUT2D eigenvalue weighted by Gasteiger charge is -1.95. The third-order valence-electron chi connectivity index (χ3n) is 1.41. The fourth-order valence-electron chi connectivity index (χ4n) is 0.858. The summed E-state index contributed by atoms with van der Waals surface area (Å²) < 4.78 is 14.4. The number of carbonyl (C=O) groups excluding carboxylic acids is 1. The molecule has 4 heteroatoms. The SMILES string of the molecule is O=C(Oc1ccco1)c1ccco1. The molecule has 0 aliphatic rings. The van der Waals surface area contributed by atoms with Crippen molar-refractivity contribution >= 4 is 5.97 Å². The van der Waals surface area contributed by atoms with Crippen molar-refractivity contribution in [1.29, 1.82) is 0 Å². The monoisotopic (exact) mass is 178 g/mol. The van der Waals surface area contributed by atoms with E-state index < -0.39 is 5.97 Å². The average Bonchev–Trinajstić information content (AvgIpc) is 2.74. The molecule has 0 amide bonds. The van der Waals surface area contributed by atoms with Crippen molar-refractivity contribution < 1.29 is 18.4 Å². The van der Waals surface area contributed by atoms with E-state index in [1.165, 1.54) is 18.6 Å². The highest BCUT2D eigenvalue weighted by molar-refractivity contribution is 5.87. The van der Waals surface area contributed by atoms with E-state index in [4.69, 9.17) is 13.6 Å². The van der Waals surface area contributed by atoms with Crippen molar-refractivity contribution in [2.75, 3.05) is 0 Å². The van der Waals surface area contributed by atoms with Gasteiger partial charge < -0.3 is 13.6 Å². The van der Waals surface area contributed by atoms with E-state index in [0.29, 0.717) is 0 Å². The van der Waals surface area contributed by atoms with Gasteiger partial charge in [0.1, 0.15) is 0 Å². The molecule has 0 atom stereocenters. The molecule has 4 nitrogen and oxygen atoms in total. The smallest absolute Gasteiger partial charge is 0.381 e. The Morgan fingerprint density at radius 3 is 2.54 bits per heavy atom. The molecule has 0 saturated heterocycles. The summed E-state index contributed by atoms with van der Waals surface area (Å²) in [5, 5.41) is 0. The first-order valence-electron chi connectivity index (χ1n) is 3.65. The molecule has 2 aromatic heterocycles. The first kappa shape index (κ1) is 7.67. The Labute approximate surface area is 73.7 Å². The first-order valence-corrected chi connectivity index (χ1v) is 3.65. The van der Waals surface area contributed by atoms with Crippen LogP contribution in [0.1, 0.15) is 10.6 Å². The van der Waals surface area contributed by atoms with Crippen LogP contribution in [0.15, 0.2) is 45.6 Å². The summed E-state index contributed by atoms with van der Waals surface area (Å²) in [5.74, 6) is -0.266. The summed E-state index contributed by atoms with van der Waals surface area (Å²) >= 11 is 0. The molecule has 66 valence electrons. The topological polar surface area (TPSA) is 52.6 Å². The van der Waals surface area contributed by atoms with Gasteiger partial charge in [-0.2, -0.15) is 0 Å². The van der Waals surface area contributed by atoms with Gasteiger partial charge in [0.25, 0.3) is 5.95 Å². The first-order chi connectivity index (χ1) is 6.36. The number of hydrogen-bond donors (Lipinski definition) is 0. The van der Waals surface area contributed by atoms with E-state index in [1.54, 1.807) is 18.2 Å². The second-order valence-electron chi connectivity index (χ2n) is 2.30. The molecule has 0 spiro atoms. The fourth-order valence-corrected chi connectivity index (χ4v) is 0.858. The molecule has 2 rings (SSSR count). The van der Waals surface area contributed by atoms with Crippen LogP contribution in [-0.4, -0.2) is 5.97 Å². The summed E-state index contributed by atoms with van der Waals surface area (Å²) in [5.41, 5.74) is 0. The van der Waals surface area contributed by atoms with E-state index in [9.17, 15) is 4.79 Å². The molecule has 0 aromatic carbocycles. The van der Waals surface area contributed by atoms with Gasteiger partial charge in [-0.05, 0) is 18.2 Å². The Balaban J connectivity index is 2.08. The van der Waals surface area contributed by atoms with Gasteiger partial charge in [0.2, 0.25) is 5.76 Å². The number of hydrogen-bond acceptors (Lipinski definition) is 4. The quantitative estimate of drug-likeness (QED) is 0.660. The van der Waals surface area contributed by atoms with E-state index in [1.807, 2.05) is 0 Å². The maximum Gasteiger partial charge on any atom is 0.381 e. The van der Waals surface area contributed by atoms with Crippen LogP contribution in [0.25, 0.3) is 0 Å². The number of furan rings is 2. The molecule has 0 saturated carbocycles. The largest absolute Gasteiger partial charge is 0.457 e. The van der Waals surface area contributed by atoms with E-state index >= 15 is 0 Å². The van der Waals surface area contributed by atoms with Crippen molar-refractivity contribution in [2.45, 2.75) is 0 Å². The van der Waals surface area contributed by atoms with E-state index in [0.717, 1.165) is 0 Å². The van der Waals surface area contributed by atoms with Gasteiger partial charge in [0.05, 0.1) is 12.5 Å². The second-order valence-corrected chi connectivity index (χ2v) is 2.30. The van der Waals surface area contributed by atoms with Gasteiger partial charge in [-0.25, -0.2) is 4.79 Å². The van der Waals surface area contributed by atoms with Gasteiger partial charge in [-0.3, -0.25) is 0 Å². The van der Waals surface area contributed by atoms with E-state index in [2.05, 4.69) is 0 Å². The van der Waals surface area contributed by atoms with Crippen molar-refractivity contribution in [3.63, 3.8) is 0 Å². The minimum atomic E-state index is -0.569. The zero-order valence-corrected chi connectivity index (χ0v) is 6.60. The van der Waals surface area contributed by atoms with Crippen LogP contribution in [0, 0.1) is 0 Å². The standard InChI is InChI=1S/C9H6O4/c10-9(7-3-1-5-11-7)13-8-4-2-6-12-8/h1-6H. The summed E-state index contributed by atoms with van der Waals surface area (Å²) in [6.45, 7) is 0. The minimum absolute atomic E-state index is 0.149. The van der Waals surface area contributed by atoms with Crippen molar-refractivity contribution in [3.05, 3.63) is 42.6 Å². The molecule has 0 N–H and O–H groups in total. The lowest BCUT2D eigenvalue weighted by Crippen LogP contribution is -2.06. The van der Waals surface area contributed by atoms with Crippen LogP contribution in [0.3, 0.4) is 0 Å². The Morgan fingerprint density at radius 1 is 1.15 bits per heavy atom. The lowest BCUT2D eigenvalue weighted by molar-refractivity contribution is 0.0660. The Kier molecular flexibility index (Phi) is 1.88. The molecule has 2 aromatic rings. The van der Waals surface area contributed by atoms with Crippen LogP contribution in [-0.2, 0) is 0 Å². The predicted molar refractivity (Wildman–Crippen MR) is 42.4 cm³/mol. The Bertz CT molecular complexity index is 372. The Morgan fingerprint density at radius 2 is 1.92 bits per heavy atom. The molecule has 0 unspecified atom stereocenters. The highest BCUT2D eigenvalue weighted by atomic mass is 16.6. The normalized spacial score (nSPS) is 9.85. The molecule has 0 radical (unpaired) electrons. The van der Waals surface area contributed by atoms with Gasteiger partial charge >= 0.3 is 5.97 Å². The summed E-state index contributed by atoms with van der Waals surface area (Å²) in [4.78, 5) is 11.2. The lowest BCUT2D eigenvalue weighted by atomic mass is 10.5. The van der Waals surface area contributed by atoms with Gasteiger partial charge in [0, 0.05) is 6.07 Å². The minimum Gasteiger partial charge on any atom is -0.457 e. The molecular formula is C9H6O4. The predicted octanol–water partition coefficient (Wildman–Crippen LogP) is 2.09. The van der Waals surface area contributed by atoms with Crippen molar-refractivity contribution in [3.8, 4) is 5.95 Å². The average molecular weight is 178 g/mol. The number of ether oxygens (including phenoxy) is 1. The fraction of sp³-hybridized carbons (Fsp3) is 0. The van der Waals surface area contributed by atoms with Crippen LogP contribution < -0.4 is 4.74 Å². The highest BCUT2D eigenvalue weighted by Crippen LogP contribution is 2.12. The van der Waals surface area contributed by atoms with Gasteiger partial charge in [0.15, 0.2) is 0 Å². The molecular weight excluding hydrogens is 172 g/mol. The zero-order valence-electron chi connectivity index (χ0n) is 6.60. The maximum absolute atomic E-state index is 11.2. The Hall–Kier alpha value is -1.97. The molecule has 2 heterocycles. The molecule has 0 bridgehead atoms. The molecule has 13 heavy (non-hydrogen) atoms. The third kappa shape index (κ3) is 1.61. The van der Waals surface area contributed by atoms with Crippen LogP contribution in [0.4, 0.5) is 0 Å². The number of esters is 1. The zero-order chi connectivity index (χ0) is 9.10. The third-order valence-corrected chi connectivity index (χ3v) is 1.41. The molecule has 0 fully saturated rings. The molecule has 0 aliphatic carbocycles. The summed E-state index contributed by atoms with van der Waals surface area (Å²) in [6, 6.07) is 6.30. The van der Waals surface area contributed by atoms with Gasteiger partial charge in [-0.1, -0.05) is 0 Å². The van der Waals surface area contributed by atoms with Crippen LogP contribution in [0.2, 0.25) is 0 Å². The highest BCUT2D eigenvalue weighted by Gasteiger charge is 2.11. The van der Waals surface area contributed by atoms with E-state index in [-0.39, 0.29) is 11.7 Å². The van der Waals surface area contributed by atoms with Gasteiger partial charge in [-0.15, -0.1) is 0 Å². The summed E-state index contributed by atoms with van der Waals surface area (Å²) in [6.07, 6.45) is 2.82. The van der Waals surface area contributed by atoms with Crippen LogP contribution >= 0.6 is 0 Å². The molecule has 0 aliphatic heterocycles.